The molecule has 1 unspecified atom stereocenters. The number of rotatable bonds is 7. The average Bonchev–Trinajstić information content (AvgIpc) is 2.96. The van der Waals surface area contributed by atoms with E-state index in [9.17, 15) is 14.7 Å². The van der Waals surface area contributed by atoms with Crippen LogP contribution in [0, 0.1) is 6.92 Å². The van der Waals surface area contributed by atoms with E-state index in [2.05, 4.69) is 0 Å². The normalized spacial score (nSPS) is 18.3. The number of carbonyl (C=O) groups is 2. The van der Waals surface area contributed by atoms with Crippen molar-refractivity contribution in [2.75, 3.05) is 27.2 Å². The number of ketones is 1. The third-order valence-electron chi connectivity index (χ3n) is 5.23. The lowest BCUT2D eigenvalue weighted by Crippen LogP contribution is -2.35. The second kappa shape index (κ2) is 9.35. The van der Waals surface area contributed by atoms with Gasteiger partial charge in [0.05, 0.1) is 17.7 Å². The molecule has 1 amide bonds. The Morgan fingerprint density at radius 2 is 1.74 bits per heavy atom. The van der Waals surface area contributed by atoms with E-state index in [-0.39, 0.29) is 17.4 Å². The van der Waals surface area contributed by atoms with E-state index < -0.39 is 17.7 Å². The predicted octanol–water partition coefficient (Wildman–Crippen LogP) is 3.77. The number of aliphatic hydroxyl groups excluding tert-OH is 1. The number of Topliss-reactive ketones (excluding diaryl/α,β-unsaturated/α-hetero) is 1. The number of ether oxygens (including phenoxy) is 1. The van der Waals surface area contributed by atoms with E-state index in [4.69, 9.17) is 4.74 Å². The number of aryl methyl sites for hydroxylation is 1. The topological polar surface area (TPSA) is 70.1 Å². The lowest BCUT2D eigenvalue weighted by atomic mass is 9.94. The van der Waals surface area contributed by atoms with Crippen molar-refractivity contribution in [2.24, 2.45) is 0 Å². The van der Waals surface area contributed by atoms with Gasteiger partial charge in [0, 0.05) is 24.2 Å². The van der Waals surface area contributed by atoms with Gasteiger partial charge < -0.3 is 19.6 Å². The highest BCUT2D eigenvalue weighted by atomic mass is 16.5. The SMILES string of the molecule is Cc1ccc(/C(O)=C2/C(=O)C(=O)N(CCN(C)C)C2c2ccccc2OC(C)C)cc1. The first-order valence-electron chi connectivity index (χ1n) is 10.5. The van der Waals surface area contributed by atoms with Crippen LogP contribution < -0.4 is 4.74 Å². The maximum Gasteiger partial charge on any atom is 0.295 e. The van der Waals surface area contributed by atoms with Crippen molar-refractivity contribution in [2.45, 2.75) is 32.9 Å². The first-order valence-corrected chi connectivity index (χ1v) is 10.5. The molecule has 0 saturated carbocycles. The number of likely N-dealkylation sites (N-methyl/N-ethyl adjacent to an activating group) is 1. The van der Waals surface area contributed by atoms with Crippen LogP contribution >= 0.6 is 0 Å². The Bertz CT molecular complexity index is 993. The molecule has 0 aliphatic carbocycles. The second-order valence-corrected chi connectivity index (χ2v) is 8.37. The Morgan fingerprint density at radius 1 is 1.10 bits per heavy atom. The summed E-state index contributed by atoms with van der Waals surface area (Å²) in [6.07, 6.45) is -0.0812. The van der Waals surface area contributed by atoms with E-state index in [0.29, 0.717) is 30.0 Å². The minimum absolute atomic E-state index is 0.0812. The van der Waals surface area contributed by atoms with Crippen LogP contribution in [0.2, 0.25) is 0 Å². The van der Waals surface area contributed by atoms with E-state index in [1.54, 1.807) is 12.1 Å². The molecule has 1 N–H and O–H groups in total. The number of benzene rings is 2. The zero-order valence-electron chi connectivity index (χ0n) is 18.8. The summed E-state index contributed by atoms with van der Waals surface area (Å²) in [6, 6.07) is 13.9. The van der Waals surface area contributed by atoms with Crippen molar-refractivity contribution in [1.82, 2.24) is 9.80 Å². The van der Waals surface area contributed by atoms with Gasteiger partial charge in [0.1, 0.15) is 11.5 Å². The minimum atomic E-state index is -0.726. The van der Waals surface area contributed by atoms with E-state index in [1.807, 2.05) is 76.2 Å². The molecule has 6 nitrogen and oxygen atoms in total. The predicted molar refractivity (Wildman–Crippen MR) is 121 cm³/mol. The van der Waals surface area contributed by atoms with Crippen LogP contribution in [0.5, 0.6) is 5.75 Å². The molecular weight excluding hydrogens is 392 g/mol. The standard InChI is InChI=1S/C25H30N2O4/c1-16(2)31-20-9-7-6-8-19(20)22-21(23(28)18-12-10-17(3)11-13-18)24(29)25(30)27(22)15-14-26(4)5/h6-13,16,22,28H,14-15H2,1-5H3/b23-21-. The molecule has 1 aliphatic rings. The van der Waals surface area contributed by atoms with Crippen LogP contribution in [0.1, 0.15) is 36.6 Å². The van der Waals surface area contributed by atoms with Gasteiger partial charge in [0.15, 0.2) is 0 Å². The van der Waals surface area contributed by atoms with Gasteiger partial charge in [-0.05, 0) is 40.9 Å². The summed E-state index contributed by atoms with van der Waals surface area (Å²) in [4.78, 5) is 29.6. The van der Waals surface area contributed by atoms with Crippen molar-refractivity contribution in [3.63, 3.8) is 0 Å². The van der Waals surface area contributed by atoms with Crippen LogP contribution in [0.15, 0.2) is 54.1 Å². The van der Waals surface area contributed by atoms with Crippen molar-refractivity contribution < 1.29 is 19.4 Å². The highest BCUT2D eigenvalue weighted by Gasteiger charge is 2.46. The fraction of sp³-hybridized carbons (Fsp3) is 0.360. The maximum absolute atomic E-state index is 13.1. The van der Waals surface area contributed by atoms with Crippen LogP contribution in [-0.2, 0) is 9.59 Å². The largest absolute Gasteiger partial charge is 0.507 e. The number of nitrogens with zero attached hydrogens (tertiary/aromatic N) is 2. The van der Waals surface area contributed by atoms with Crippen LogP contribution in [0.25, 0.3) is 5.76 Å². The van der Waals surface area contributed by atoms with Gasteiger partial charge in [-0.25, -0.2) is 0 Å². The monoisotopic (exact) mass is 422 g/mol. The molecule has 0 bridgehead atoms. The lowest BCUT2D eigenvalue weighted by Gasteiger charge is -2.28. The first kappa shape index (κ1) is 22.6. The highest BCUT2D eigenvalue weighted by Crippen LogP contribution is 2.42. The van der Waals surface area contributed by atoms with E-state index in [0.717, 1.165) is 5.56 Å². The Labute approximate surface area is 183 Å². The third kappa shape index (κ3) is 4.80. The molecule has 6 heteroatoms. The molecule has 1 fully saturated rings. The fourth-order valence-electron chi connectivity index (χ4n) is 3.68. The molecule has 0 aromatic heterocycles. The van der Waals surface area contributed by atoms with Crippen molar-refractivity contribution >= 4 is 17.4 Å². The van der Waals surface area contributed by atoms with E-state index >= 15 is 0 Å². The van der Waals surface area contributed by atoms with Crippen LogP contribution in [0.3, 0.4) is 0 Å². The summed E-state index contributed by atoms with van der Waals surface area (Å²) in [6.45, 7) is 6.73. The molecule has 3 rings (SSSR count). The zero-order valence-corrected chi connectivity index (χ0v) is 18.8. The summed E-state index contributed by atoms with van der Waals surface area (Å²) < 4.78 is 5.99. The third-order valence-corrected chi connectivity index (χ3v) is 5.23. The Kier molecular flexibility index (Phi) is 6.81. The Morgan fingerprint density at radius 3 is 2.35 bits per heavy atom. The van der Waals surface area contributed by atoms with Gasteiger partial charge in [-0.3, -0.25) is 9.59 Å². The molecule has 1 heterocycles. The molecule has 2 aromatic rings. The summed E-state index contributed by atoms with van der Waals surface area (Å²) in [7, 11) is 3.82. The zero-order chi connectivity index (χ0) is 22.7. The summed E-state index contributed by atoms with van der Waals surface area (Å²) in [5, 5.41) is 11.1. The summed E-state index contributed by atoms with van der Waals surface area (Å²) >= 11 is 0. The van der Waals surface area contributed by atoms with Crippen molar-refractivity contribution in [3.8, 4) is 5.75 Å². The van der Waals surface area contributed by atoms with Crippen LogP contribution in [0.4, 0.5) is 0 Å². The number of hydrogen-bond donors (Lipinski definition) is 1. The molecule has 164 valence electrons. The highest BCUT2D eigenvalue weighted by molar-refractivity contribution is 6.46. The number of amides is 1. The number of carbonyl (C=O) groups excluding carboxylic acids is 2. The van der Waals surface area contributed by atoms with Gasteiger partial charge in [-0.15, -0.1) is 0 Å². The molecule has 1 saturated heterocycles. The van der Waals surface area contributed by atoms with Crippen LogP contribution in [-0.4, -0.2) is 59.9 Å². The van der Waals surface area contributed by atoms with Crippen molar-refractivity contribution in [3.05, 3.63) is 70.8 Å². The Hall–Kier alpha value is -3.12. The van der Waals surface area contributed by atoms with Crippen molar-refractivity contribution in [1.29, 1.82) is 0 Å². The lowest BCUT2D eigenvalue weighted by molar-refractivity contribution is -0.140. The molecule has 0 spiro atoms. The Balaban J connectivity index is 2.19. The van der Waals surface area contributed by atoms with Gasteiger partial charge in [0.25, 0.3) is 11.7 Å². The second-order valence-electron chi connectivity index (χ2n) is 8.37. The molecule has 0 radical (unpaired) electrons. The van der Waals surface area contributed by atoms with Gasteiger partial charge in [-0.1, -0.05) is 48.0 Å². The molecule has 2 aromatic carbocycles. The smallest absolute Gasteiger partial charge is 0.295 e. The van der Waals surface area contributed by atoms with Gasteiger partial charge >= 0.3 is 0 Å². The summed E-state index contributed by atoms with van der Waals surface area (Å²) in [5.41, 5.74) is 2.31. The average molecular weight is 423 g/mol. The quantitative estimate of drug-likeness (QED) is 0.418. The number of hydrogen-bond acceptors (Lipinski definition) is 5. The van der Waals surface area contributed by atoms with Gasteiger partial charge in [0.2, 0.25) is 0 Å². The number of para-hydroxylation sites is 1. The number of aliphatic hydroxyl groups is 1. The first-order chi connectivity index (χ1) is 14.7. The number of likely N-dealkylation sites (tertiary alicyclic amines) is 1. The fourth-order valence-corrected chi connectivity index (χ4v) is 3.68. The molecule has 1 aliphatic heterocycles. The molecular formula is C25H30N2O4. The van der Waals surface area contributed by atoms with Gasteiger partial charge in [-0.2, -0.15) is 0 Å². The summed E-state index contributed by atoms with van der Waals surface area (Å²) in [5.74, 6) is -0.870. The molecule has 31 heavy (non-hydrogen) atoms. The maximum atomic E-state index is 13.1. The minimum Gasteiger partial charge on any atom is -0.507 e. The molecule has 1 atom stereocenters. The van der Waals surface area contributed by atoms with E-state index in [1.165, 1.54) is 4.90 Å².